The number of nitrogens with zero attached hydrogens (tertiary/aromatic N) is 2. The Kier molecular flexibility index (Phi) is 4.38. The predicted molar refractivity (Wildman–Crippen MR) is 72.0 cm³/mol. The Morgan fingerprint density at radius 3 is 2.57 bits per heavy atom. The van der Waals surface area contributed by atoms with E-state index in [0.717, 1.165) is 24.6 Å². The summed E-state index contributed by atoms with van der Waals surface area (Å²) in [5, 5.41) is -0.174. The summed E-state index contributed by atoms with van der Waals surface area (Å²) in [5.74, 6) is -2.36. The van der Waals surface area contributed by atoms with Crippen LogP contribution in [0.25, 0.3) is 0 Å². The fourth-order valence-corrected chi connectivity index (χ4v) is 2.23. The smallest absolute Gasteiger partial charge is 0.183 e. The summed E-state index contributed by atoms with van der Waals surface area (Å²) in [6.45, 7) is 0. The molecule has 112 valence electrons. The Bertz CT molecular complexity index is 784. The fourth-order valence-electron chi connectivity index (χ4n) is 1.43. The van der Waals surface area contributed by atoms with Gasteiger partial charge < -0.3 is 4.74 Å². The molecule has 0 bridgehead atoms. The Labute approximate surface area is 124 Å². The summed E-state index contributed by atoms with van der Waals surface area (Å²) >= 11 is 5.82. The highest BCUT2D eigenvalue weighted by molar-refractivity contribution is 7.89. The molecule has 1 aromatic carbocycles. The molecule has 0 fully saturated rings. The van der Waals surface area contributed by atoms with Crippen LogP contribution >= 0.6 is 11.6 Å². The first-order valence-corrected chi connectivity index (χ1v) is 8.00. The highest BCUT2D eigenvalue weighted by atomic mass is 35.5. The second-order valence-corrected chi connectivity index (χ2v) is 6.69. The van der Waals surface area contributed by atoms with Crippen molar-refractivity contribution in [3.8, 4) is 11.5 Å². The quantitative estimate of drug-likeness (QED) is 0.804. The third-order valence-corrected chi connectivity index (χ3v) is 3.32. The molecule has 0 aliphatic rings. The van der Waals surface area contributed by atoms with Crippen molar-refractivity contribution < 1.29 is 21.9 Å². The van der Waals surface area contributed by atoms with Gasteiger partial charge in [-0.15, -0.1) is 0 Å². The van der Waals surface area contributed by atoms with Gasteiger partial charge in [0.05, 0.1) is 6.20 Å². The minimum atomic E-state index is -3.30. The second kappa shape index (κ2) is 5.90. The molecule has 1 heterocycles. The Morgan fingerprint density at radius 2 is 2.00 bits per heavy atom. The molecule has 0 saturated heterocycles. The molecular formula is C12H9ClF2N2O3S. The zero-order chi connectivity index (χ0) is 15.6. The summed E-state index contributed by atoms with van der Waals surface area (Å²) < 4.78 is 53.6. The number of benzene rings is 1. The first-order valence-electron chi connectivity index (χ1n) is 5.56. The lowest BCUT2D eigenvalue weighted by Gasteiger charge is -2.08. The summed E-state index contributed by atoms with van der Waals surface area (Å²) in [7, 11) is -3.30. The van der Waals surface area contributed by atoms with Crippen LogP contribution < -0.4 is 4.74 Å². The number of rotatable bonds is 4. The molecule has 0 saturated carbocycles. The van der Waals surface area contributed by atoms with E-state index in [-0.39, 0.29) is 28.2 Å². The van der Waals surface area contributed by atoms with Crippen molar-refractivity contribution in [3.63, 3.8) is 0 Å². The molecule has 0 N–H and O–H groups in total. The average molecular weight is 335 g/mol. The van der Waals surface area contributed by atoms with E-state index in [2.05, 4.69) is 9.97 Å². The average Bonchev–Trinajstić information content (AvgIpc) is 2.33. The standard InChI is InChI=1S/C12H9ClF2N2O3S/c1-21(18,19)6-11-16-5-10(12(13)17-11)20-9-3-2-7(14)4-8(9)15/h2-5H,6H2,1H3. The van der Waals surface area contributed by atoms with Gasteiger partial charge in [0.25, 0.3) is 0 Å². The molecule has 9 heteroatoms. The molecule has 0 radical (unpaired) electrons. The minimum Gasteiger partial charge on any atom is -0.449 e. The maximum atomic E-state index is 13.4. The van der Waals surface area contributed by atoms with E-state index in [9.17, 15) is 17.2 Å². The number of hydrogen-bond acceptors (Lipinski definition) is 5. The largest absolute Gasteiger partial charge is 0.449 e. The van der Waals surface area contributed by atoms with Crippen molar-refractivity contribution in [2.45, 2.75) is 5.75 Å². The van der Waals surface area contributed by atoms with Crippen molar-refractivity contribution in [1.82, 2.24) is 9.97 Å². The summed E-state index contributed by atoms with van der Waals surface area (Å²) in [4.78, 5) is 7.53. The van der Waals surface area contributed by atoms with Gasteiger partial charge in [-0.1, -0.05) is 11.6 Å². The molecule has 2 aromatic rings. The lowest BCUT2D eigenvalue weighted by Crippen LogP contribution is -2.05. The van der Waals surface area contributed by atoms with E-state index in [4.69, 9.17) is 16.3 Å². The monoisotopic (exact) mass is 334 g/mol. The summed E-state index contributed by atoms with van der Waals surface area (Å²) in [6, 6.07) is 2.76. The lowest BCUT2D eigenvalue weighted by atomic mass is 10.3. The van der Waals surface area contributed by atoms with Crippen molar-refractivity contribution in [2.75, 3.05) is 6.26 Å². The zero-order valence-electron chi connectivity index (χ0n) is 10.7. The predicted octanol–water partition coefficient (Wildman–Crippen LogP) is 2.75. The van der Waals surface area contributed by atoms with Crippen LogP contribution in [-0.4, -0.2) is 24.6 Å². The molecule has 0 amide bonds. The van der Waals surface area contributed by atoms with Gasteiger partial charge in [0.1, 0.15) is 17.4 Å². The number of aromatic nitrogens is 2. The van der Waals surface area contributed by atoms with E-state index in [0.29, 0.717) is 6.07 Å². The van der Waals surface area contributed by atoms with Gasteiger partial charge in [-0.25, -0.2) is 27.2 Å². The number of ether oxygens (including phenoxy) is 1. The van der Waals surface area contributed by atoms with Gasteiger partial charge in [0.2, 0.25) is 0 Å². The van der Waals surface area contributed by atoms with Crippen LogP contribution in [0.4, 0.5) is 8.78 Å². The van der Waals surface area contributed by atoms with Gasteiger partial charge >= 0.3 is 0 Å². The molecule has 21 heavy (non-hydrogen) atoms. The van der Waals surface area contributed by atoms with Crippen LogP contribution in [0, 0.1) is 11.6 Å². The van der Waals surface area contributed by atoms with Gasteiger partial charge in [0, 0.05) is 12.3 Å². The highest BCUT2D eigenvalue weighted by Gasteiger charge is 2.13. The molecule has 0 aliphatic heterocycles. The summed E-state index contributed by atoms with van der Waals surface area (Å²) in [5.41, 5.74) is 0. The molecule has 0 atom stereocenters. The number of halogens is 3. The van der Waals surface area contributed by atoms with Gasteiger partial charge in [-0.3, -0.25) is 0 Å². The van der Waals surface area contributed by atoms with E-state index < -0.39 is 21.5 Å². The van der Waals surface area contributed by atoms with Crippen LogP contribution in [-0.2, 0) is 15.6 Å². The topological polar surface area (TPSA) is 69.2 Å². The third kappa shape index (κ3) is 4.33. The first kappa shape index (κ1) is 15.6. The van der Waals surface area contributed by atoms with Crippen LogP contribution in [0.2, 0.25) is 5.15 Å². The second-order valence-electron chi connectivity index (χ2n) is 4.19. The molecule has 5 nitrogen and oxygen atoms in total. The number of sulfone groups is 1. The van der Waals surface area contributed by atoms with Crippen LogP contribution in [0.5, 0.6) is 11.5 Å². The van der Waals surface area contributed by atoms with Crippen LogP contribution in [0.3, 0.4) is 0 Å². The number of hydrogen-bond donors (Lipinski definition) is 0. The van der Waals surface area contributed by atoms with Gasteiger partial charge in [-0.2, -0.15) is 0 Å². The van der Waals surface area contributed by atoms with Crippen LogP contribution in [0.1, 0.15) is 5.82 Å². The normalized spacial score (nSPS) is 11.4. The maximum absolute atomic E-state index is 13.4. The van der Waals surface area contributed by atoms with Gasteiger partial charge in [-0.05, 0) is 12.1 Å². The van der Waals surface area contributed by atoms with Crippen molar-refractivity contribution in [3.05, 3.63) is 47.0 Å². The fraction of sp³-hybridized carbons (Fsp3) is 0.167. The Hall–Kier alpha value is -1.80. The third-order valence-electron chi connectivity index (χ3n) is 2.27. The molecule has 0 aliphatic carbocycles. The van der Waals surface area contributed by atoms with Crippen LogP contribution in [0.15, 0.2) is 24.4 Å². The lowest BCUT2D eigenvalue weighted by molar-refractivity contribution is 0.434. The van der Waals surface area contributed by atoms with Crippen molar-refractivity contribution in [2.24, 2.45) is 0 Å². The maximum Gasteiger partial charge on any atom is 0.183 e. The molecule has 1 aromatic heterocycles. The Morgan fingerprint density at radius 1 is 1.29 bits per heavy atom. The van der Waals surface area contributed by atoms with Crippen molar-refractivity contribution in [1.29, 1.82) is 0 Å². The van der Waals surface area contributed by atoms with E-state index in [1.807, 2.05) is 0 Å². The first-order chi connectivity index (χ1) is 9.74. The summed E-state index contributed by atoms with van der Waals surface area (Å²) in [6.07, 6.45) is 2.15. The Balaban J connectivity index is 2.25. The molecule has 2 rings (SSSR count). The van der Waals surface area contributed by atoms with Crippen molar-refractivity contribution >= 4 is 21.4 Å². The minimum absolute atomic E-state index is 0.00516. The zero-order valence-corrected chi connectivity index (χ0v) is 12.3. The van der Waals surface area contributed by atoms with E-state index in [1.165, 1.54) is 0 Å². The van der Waals surface area contributed by atoms with E-state index in [1.54, 1.807) is 0 Å². The van der Waals surface area contributed by atoms with E-state index >= 15 is 0 Å². The SMILES string of the molecule is CS(=O)(=O)Cc1ncc(Oc2ccc(F)cc2F)c(Cl)n1. The molecular weight excluding hydrogens is 326 g/mol. The molecule has 0 unspecified atom stereocenters. The van der Waals surface area contributed by atoms with Gasteiger partial charge in [0.15, 0.2) is 32.3 Å². The highest BCUT2D eigenvalue weighted by Crippen LogP contribution is 2.29. The molecule has 0 spiro atoms.